The van der Waals surface area contributed by atoms with Crippen molar-refractivity contribution in [2.75, 3.05) is 13.6 Å². The van der Waals surface area contributed by atoms with E-state index in [-0.39, 0.29) is 6.03 Å². The third kappa shape index (κ3) is 4.05. The van der Waals surface area contributed by atoms with Crippen LogP contribution >= 0.6 is 0 Å². The summed E-state index contributed by atoms with van der Waals surface area (Å²) in [5, 5.41) is 11.7. The van der Waals surface area contributed by atoms with Gasteiger partial charge in [-0.3, -0.25) is 0 Å². The number of nitrogens with one attached hydrogen (secondary N) is 1. The second-order valence-electron chi connectivity index (χ2n) is 4.61. The number of urea groups is 1. The summed E-state index contributed by atoms with van der Waals surface area (Å²) >= 11 is 0. The van der Waals surface area contributed by atoms with Crippen LogP contribution in [-0.4, -0.2) is 41.6 Å². The molecular formula is C13H22N2O3. The zero-order valence-electron chi connectivity index (χ0n) is 11.1. The number of nitrogens with zero attached hydrogens (tertiary/aromatic N) is 1. The van der Waals surface area contributed by atoms with E-state index in [1.807, 2.05) is 0 Å². The van der Waals surface area contributed by atoms with E-state index >= 15 is 0 Å². The van der Waals surface area contributed by atoms with E-state index in [1.165, 1.54) is 23.9 Å². The molecule has 0 heterocycles. The first-order chi connectivity index (χ1) is 8.56. The SMILES string of the molecule is CCC(C(=O)O)N(C)C(=O)NCCC1=CCCC1. The van der Waals surface area contributed by atoms with Crippen molar-refractivity contribution < 1.29 is 14.7 Å². The number of amides is 2. The number of aliphatic carboxylic acids is 1. The second-order valence-corrected chi connectivity index (χ2v) is 4.61. The Morgan fingerprint density at radius 3 is 2.78 bits per heavy atom. The second kappa shape index (κ2) is 7.03. The van der Waals surface area contributed by atoms with Crippen LogP contribution in [0.1, 0.15) is 39.0 Å². The van der Waals surface area contributed by atoms with Gasteiger partial charge in [-0.2, -0.15) is 0 Å². The number of carbonyl (C=O) groups is 2. The third-order valence-corrected chi connectivity index (χ3v) is 3.32. The molecule has 1 unspecified atom stereocenters. The molecule has 1 rings (SSSR count). The van der Waals surface area contributed by atoms with Crippen LogP contribution in [0.15, 0.2) is 11.6 Å². The number of carboxylic acids is 1. The number of carboxylic acid groups (broad SMARTS) is 1. The lowest BCUT2D eigenvalue weighted by Crippen LogP contribution is -2.47. The molecule has 0 aromatic heterocycles. The van der Waals surface area contributed by atoms with Gasteiger partial charge in [0.15, 0.2) is 0 Å². The fourth-order valence-electron chi connectivity index (χ4n) is 2.17. The quantitative estimate of drug-likeness (QED) is 0.712. The van der Waals surface area contributed by atoms with E-state index in [0.717, 1.165) is 19.3 Å². The molecule has 5 heteroatoms. The molecule has 0 radical (unpaired) electrons. The van der Waals surface area contributed by atoms with Crippen molar-refractivity contribution in [2.45, 2.75) is 45.1 Å². The number of hydrogen-bond acceptors (Lipinski definition) is 2. The van der Waals surface area contributed by atoms with Crippen molar-refractivity contribution in [1.82, 2.24) is 10.2 Å². The maximum absolute atomic E-state index is 11.8. The topological polar surface area (TPSA) is 69.6 Å². The molecule has 0 bridgehead atoms. The third-order valence-electron chi connectivity index (χ3n) is 3.32. The Kier molecular flexibility index (Phi) is 5.68. The van der Waals surface area contributed by atoms with Gasteiger partial charge in [0.2, 0.25) is 0 Å². The summed E-state index contributed by atoms with van der Waals surface area (Å²) in [4.78, 5) is 23.9. The zero-order chi connectivity index (χ0) is 13.5. The lowest BCUT2D eigenvalue weighted by molar-refractivity contribution is -0.141. The number of allylic oxidation sites excluding steroid dienone is 1. The summed E-state index contributed by atoms with van der Waals surface area (Å²) in [5.74, 6) is -0.964. The average molecular weight is 254 g/mol. The largest absolute Gasteiger partial charge is 0.480 e. The Morgan fingerprint density at radius 1 is 1.56 bits per heavy atom. The fraction of sp³-hybridized carbons (Fsp3) is 0.692. The molecule has 0 spiro atoms. The minimum Gasteiger partial charge on any atom is -0.480 e. The van der Waals surface area contributed by atoms with Crippen LogP contribution in [0.5, 0.6) is 0 Å². The Labute approximate surface area is 108 Å². The lowest BCUT2D eigenvalue weighted by Gasteiger charge is -2.24. The molecule has 18 heavy (non-hydrogen) atoms. The molecule has 0 aromatic rings. The maximum atomic E-state index is 11.8. The van der Waals surface area contributed by atoms with Gasteiger partial charge in [0.25, 0.3) is 0 Å². The van der Waals surface area contributed by atoms with Gasteiger partial charge in [-0.05, 0) is 32.1 Å². The van der Waals surface area contributed by atoms with Crippen LogP contribution in [0.3, 0.4) is 0 Å². The minimum absolute atomic E-state index is 0.317. The molecule has 0 saturated heterocycles. The molecule has 0 aromatic carbocycles. The number of rotatable bonds is 6. The van der Waals surface area contributed by atoms with Gasteiger partial charge in [0.05, 0.1) is 0 Å². The number of hydrogen-bond donors (Lipinski definition) is 2. The summed E-state index contributed by atoms with van der Waals surface area (Å²) in [6.45, 7) is 2.33. The molecule has 2 N–H and O–H groups in total. The van der Waals surface area contributed by atoms with Gasteiger partial charge in [0.1, 0.15) is 6.04 Å². The van der Waals surface area contributed by atoms with Crippen molar-refractivity contribution in [2.24, 2.45) is 0 Å². The van der Waals surface area contributed by atoms with E-state index < -0.39 is 12.0 Å². The Balaban J connectivity index is 2.32. The predicted octanol–water partition coefficient (Wildman–Crippen LogP) is 1.99. The van der Waals surface area contributed by atoms with Gasteiger partial charge in [-0.25, -0.2) is 9.59 Å². The van der Waals surface area contributed by atoms with Crippen molar-refractivity contribution in [1.29, 1.82) is 0 Å². The molecule has 1 aliphatic carbocycles. The molecule has 1 atom stereocenters. The molecular weight excluding hydrogens is 232 g/mol. The van der Waals surface area contributed by atoms with Crippen LogP contribution in [0.25, 0.3) is 0 Å². The van der Waals surface area contributed by atoms with Crippen molar-refractivity contribution in [3.8, 4) is 0 Å². The first-order valence-corrected chi connectivity index (χ1v) is 6.47. The minimum atomic E-state index is -0.964. The van der Waals surface area contributed by atoms with E-state index in [2.05, 4.69) is 11.4 Å². The van der Waals surface area contributed by atoms with E-state index in [0.29, 0.717) is 13.0 Å². The van der Waals surface area contributed by atoms with Crippen molar-refractivity contribution in [3.05, 3.63) is 11.6 Å². The first-order valence-electron chi connectivity index (χ1n) is 6.47. The predicted molar refractivity (Wildman–Crippen MR) is 69.4 cm³/mol. The Hall–Kier alpha value is -1.52. The molecule has 2 amide bonds. The summed E-state index contributed by atoms with van der Waals surface area (Å²) in [7, 11) is 1.52. The summed E-state index contributed by atoms with van der Waals surface area (Å²) in [6, 6.07) is -1.07. The normalized spacial score (nSPS) is 16.0. The molecule has 102 valence electrons. The van der Waals surface area contributed by atoms with Crippen LogP contribution in [0.2, 0.25) is 0 Å². The molecule has 1 aliphatic rings. The van der Waals surface area contributed by atoms with Gasteiger partial charge >= 0.3 is 12.0 Å². The Morgan fingerprint density at radius 2 is 2.28 bits per heavy atom. The highest BCUT2D eigenvalue weighted by molar-refractivity contribution is 5.82. The fourth-order valence-corrected chi connectivity index (χ4v) is 2.17. The summed E-state index contributed by atoms with van der Waals surface area (Å²) in [5.41, 5.74) is 1.39. The van der Waals surface area contributed by atoms with E-state index in [9.17, 15) is 9.59 Å². The maximum Gasteiger partial charge on any atom is 0.326 e. The highest BCUT2D eigenvalue weighted by Gasteiger charge is 2.24. The van der Waals surface area contributed by atoms with Gasteiger partial charge in [-0.1, -0.05) is 18.6 Å². The highest BCUT2D eigenvalue weighted by Crippen LogP contribution is 2.19. The van der Waals surface area contributed by atoms with E-state index in [4.69, 9.17) is 5.11 Å². The zero-order valence-corrected chi connectivity index (χ0v) is 11.1. The number of carbonyl (C=O) groups excluding carboxylic acids is 1. The lowest BCUT2D eigenvalue weighted by atomic mass is 10.2. The molecule has 0 fully saturated rings. The molecule has 0 aliphatic heterocycles. The van der Waals surface area contributed by atoms with Crippen LogP contribution < -0.4 is 5.32 Å². The first kappa shape index (κ1) is 14.5. The van der Waals surface area contributed by atoms with Crippen LogP contribution in [0, 0.1) is 0 Å². The Bertz CT molecular complexity index is 339. The van der Waals surface area contributed by atoms with Gasteiger partial charge < -0.3 is 15.3 Å². The van der Waals surface area contributed by atoms with Crippen molar-refractivity contribution in [3.63, 3.8) is 0 Å². The smallest absolute Gasteiger partial charge is 0.326 e. The monoisotopic (exact) mass is 254 g/mol. The average Bonchev–Trinajstić information content (AvgIpc) is 2.82. The summed E-state index contributed by atoms with van der Waals surface area (Å²) in [6.07, 6.45) is 6.97. The van der Waals surface area contributed by atoms with Gasteiger partial charge in [0, 0.05) is 13.6 Å². The molecule has 0 saturated carbocycles. The van der Waals surface area contributed by atoms with Gasteiger partial charge in [-0.15, -0.1) is 0 Å². The highest BCUT2D eigenvalue weighted by atomic mass is 16.4. The van der Waals surface area contributed by atoms with E-state index in [1.54, 1.807) is 6.92 Å². The van der Waals surface area contributed by atoms with Crippen LogP contribution in [-0.2, 0) is 4.79 Å². The van der Waals surface area contributed by atoms with Crippen LogP contribution in [0.4, 0.5) is 4.79 Å². The molecule has 5 nitrogen and oxygen atoms in total. The van der Waals surface area contributed by atoms with Crippen molar-refractivity contribution >= 4 is 12.0 Å². The summed E-state index contributed by atoms with van der Waals surface area (Å²) < 4.78 is 0. The number of likely N-dealkylation sites (N-methyl/N-ethyl adjacent to an activating group) is 1. The standard InChI is InChI=1S/C13H22N2O3/c1-3-11(12(16)17)15(2)13(18)14-9-8-10-6-4-5-7-10/h6,11H,3-5,7-9H2,1-2H3,(H,14,18)(H,16,17).